The second-order valence-electron chi connectivity index (χ2n) is 19.5. The van der Waals surface area contributed by atoms with Crippen LogP contribution in [0.3, 0.4) is 0 Å². The van der Waals surface area contributed by atoms with Gasteiger partial charge in [0.25, 0.3) is 0 Å². The largest absolute Gasteiger partial charge is 0.0610 e. The lowest BCUT2D eigenvalue weighted by molar-refractivity contribution is 0.588. The van der Waals surface area contributed by atoms with Crippen LogP contribution in [0.25, 0.3) is 64.6 Å². The third-order valence-corrected chi connectivity index (χ3v) is 11.5. The molecule has 0 saturated heterocycles. The third-order valence-electron chi connectivity index (χ3n) is 11.5. The SMILES string of the molecule is Cc1c(C(C)(C)C)cc2cc(C#Cc3cc4cc(C(C)(C)C)cc5ccc6cc(C(C)(C)C)cc3c6c54)c3cc(C(C)(C)C)cc4ccc1c2c43. The lowest BCUT2D eigenvalue weighted by atomic mass is 9.78. The highest BCUT2D eigenvalue weighted by atomic mass is 14.3. The van der Waals surface area contributed by atoms with Crippen LogP contribution in [-0.4, -0.2) is 0 Å². The van der Waals surface area contributed by atoms with E-state index in [0.29, 0.717) is 0 Å². The van der Waals surface area contributed by atoms with Gasteiger partial charge >= 0.3 is 0 Å². The molecule has 8 aromatic carbocycles. The smallest absolute Gasteiger partial charge is 0.0334 e. The van der Waals surface area contributed by atoms with Gasteiger partial charge in [0, 0.05) is 11.1 Å². The fourth-order valence-electron chi connectivity index (χ4n) is 8.46. The average Bonchev–Trinajstić information content (AvgIpc) is 3.03. The molecule has 8 rings (SSSR count). The van der Waals surface area contributed by atoms with E-state index < -0.39 is 0 Å². The van der Waals surface area contributed by atoms with Gasteiger partial charge in [0.2, 0.25) is 0 Å². The molecule has 51 heavy (non-hydrogen) atoms. The molecular formula is C51H52. The van der Waals surface area contributed by atoms with E-state index in [1.807, 2.05) is 0 Å². The molecule has 0 N–H and O–H groups in total. The summed E-state index contributed by atoms with van der Waals surface area (Å²) in [4.78, 5) is 0. The molecule has 0 heterocycles. The Hall–Kier alpha value is -4.60. The molecule has 0 aliphatic rings. The standard InChI is InChI=1S/C51H52/c1-29-40-19-18-34-24-39(50(8,9)10)28-42-31(21-36(47(40)46(34)42)26-43(29)51(11,12)13)15-14-30-20-35-25-37(48(2,3)4)22-32-16-17-33-23-38(49(5,6)7)27-41(30)45(33)44(32)35/h16-28H,1-13H3. The summed E-state index contributed by atoms with van der Waals surface area (Å²) in [6, 6.07) is 31.0. The molecule has 0 aliphatic carbocycles. The van der Waals surface area contributed by atoms with Gasteiger partial charge in [-0.25, -0.2) is 0 Å². The fraction of sp³-hybridized carbons (Fsp3) is 0.333. The van der Waals surface area contributed by atoms with Crippen molar-refractivity contribution in [2.24, 2.45) is 0 Å². The fourth-order valence-corrected chi connectivity index (χ4v) is 8.46. The normalized spacial score (nSPS) is 13.4. The predicted octanol–water partition coefficient (Wildman–Crippen LogP) is 14.4. The zero-order valence-electron chi connectivity index (χ0n) is 33.0. The molecule has 0 saturated carbocycles. The first kappa shape index (κ1) is 33.5. The van der Waals surface area contributed by atoms with Crippen LogP contribution in [0.5, 0.6) is 0 Å². The second kappa shape index (κ2) is 10.7. The maximum absolute atomic E-state index is 3.84. The lowest BCUT2D eigenvalue weighted by Gasteiger charge is -2.26. The van der Waals surface area contributed by atoms with E-state index in [-0.39, 0.29) is 21.7 Å². The highest BCUT2D eigenvalue weighted by Gasteiger charge is 2.24. The van der Waals surface area contributed by atoms with Gasteiger partial charge in [-0.15, -0.1) is 0 Å². The molecular weight excluding hydrogens is 613 g/mol. The Labute approximate surface area is 304 Å². The van der Waals surface area contributed by atoms with Gasteiger partial charge in [-0.05, 0) is 145 Å². The minimum Gasteiger partial charge on any atom is -0.0610 e. The van der Waals surface area contributed by atoms with Crippen LogP contribution in [0.2, 0.25) is 0 Å². The minimum atomic E-state index is 0.0164. The van der Waals surface area contributed by atoms with E-state index >= 15 is 0 Å². The van der Waals surface area contributed by atoms with Crippen molar-refractivity contribution < 1.29 is 0 Å². The zero-order chi connectivity index (χ0) is 36.6. The Balaban J connectivity index is 1.49. The average molecular weight is 665 g/mol. The van der Waals surface area contributed by atoms with Crippen molar-refractivity contribution in [1.29, 1.82) is 0 Å². The van der Waals surface area contributed by atoms with Gasteiger partial charge in [-0.3, -0.25) is 0 Å². The minimum absolute atomic E-state index is 0.0164. The Morgan fingerprint density at radius 2 is 0.725 bits per heavy atom. The van der Waals surface area contributed by atoms with Crippen molar-refractivity contribution in [3.63, 3.8) is 0 Å². The molecule has 256 valence electrons. The van der Waals surface area contributed by atoms with E-state index in [4.69, 9.17) is 0 Å². The predicted molar refractivity (Wildman–Crippen MR) is 226 cm³/mol. The van der Waals surface area contributed by atoms with Crippen LogP contribution < -0.4 is 0 Å². The van der Waals surface area contributed by atoms with E-state index in [2.05, 4.69) is 181 Å². The maximum Gasteiger partial charge on any atom is 0.0334 e. The number of rotatable bonds is 0. The van der Waals surface area contributed by atoms with Crippen molar-refractivity contribution in [2.45, 2.75) is 112 Å². The van der Waals surface area contributed by atoms with Crippen LogP contribution in [-0.2, 0) is 21.7 Å². The summed E-state index contributed by atoms with van der Waals surface area (Å²) >= 11 is 0. The van der Waals surface area contributed by atoms with E-state index in [1.165, 1.54) is 92.5 Å². The van der Waals surface area contributed by atoms with Crippen molar-refractivity contribution in [3.05, 3.63) is 118 Å². The first-order valence-corrected chi connectivity index (χ1v) is 18.8. The monoisotopic (exact) mass is 664 g/mol. The molecule has 0 amide bonds. The molecule has 8 aromatic rings. The summed E-state index contributed by atoms with van der Waals surface area (Å²) in [6.07, 6.45) is 0. The van der Waals surface area contributed by atoms with Gasteiger partial charge in [0.1, 0.15) is 0 Å². The van der Waals surface area contributed by atoms with E-state index in [9.17, 15) is 0 Å². The highest BCUT2D eigenvalue weighted by Crippen LogP contribution is 2.44. The van der Waals surface area contributed by atoms with E-state index in [0.717, 1.165) is 11.1 Å². The Morgan fingerprint density at radius 1 is 0.353 bits per heavy atom. The summed E-state index contributed by atoms with van der Waals surface area (Å²) in [5.41, 5.74) is 9.15. The van der Waals surface area contributed by atoms with Crippen molar-refractivity contribution in [2.75, 3.05) is 0 Å². The van der Waals surface area contributed by atoms with Gasteiger partial charge < -0.3 is 0 Å². The molecule has 0 aliphatic heterocycles. The van der Waals surface area contributed by atoms with Gasteiger partial charge in [0.15, 0.2) is 0 Å². The summed E-state index contributed by atoms with van der Waals surface area (Å²) < 4.78 is 0. The Bertz CT molecular complexity index is 2760. The number of aryl methyl sites for hydroxylation is 1. The molecule has 0 bridgehead atoms. The van der Waals surface area contributed by atoms with Crippen molar-refractivity contribution in [3.8, 4) is 11.8 Å². The van der Waals surface area contributed by atoms with Crippen molar-refractivity contribution >= 4 is 64.6 Å². The summed E-state index contributed by atoms with van der Waals surface area (Å²) in [6.45, 7) is 30.1. The molecule has 0 fully saturated rings. The van der Waals surface area contributed by atoms with Crippen LogP contribution in [0.15, 0.2) is 78.9 Å². The lowest BCUT2D eigenvalue weighted by Crippen LogP contribution is -2.13. The number of benzene rings is 8. The molecule has 0 radical (unpaired) electrons. The summed E-state index contributed by atoms with van der Waals surface area (Å²) in [5, 5.41) is 15.7. The quantitative estimate of drug-likeness (QED) is 0.112. The molecule has 0 nitrogen and oxygen atoms in total. The highest BCUT2D eigenvalue weighted by molar-refractivity contribution is 6.26. The number of hydrogen-bond acceptors (Lipinski definition) is 0. The van der Waals surface area contributed by atoms with Crippen LogP contribution in [0, 0.1) is 18.8 Å². The first-order valence-electron chi connectivity index (χ1n) is 18.8. The third kappa shape index (κ3) is 5.35. The molecule has 0 unspecified atom stereocenters. The molecule has 0 aromatic heterocycles. The molecule has 0 atom stereocenters. The summed E-state index contributed by atoms with van der Waals surface area (Å²) in [5.74, 6) is 7.67. The second-order valence-corrected chi connectivity index (χ2v) is 19.5. The topological polar surface area (TPSA) is 0 Å². The van der Waals surface area contributed by atoms with Gasteiger partial charge in [-0.2, -0.15) is 0 Å². The van der Waals surface area contributed by atoms with Crippen LogP contribution in [0.1, 0.15) is 122 Å². The van der Waals surface area contributed by atoms with Gasteiger partial charge in [-0.1, -0.05) is 150 Å². The van der Waals surface area contributed by atoms with Crippen LogP contribution >= 0.6 is 0 Å². The zero-order valence-corrected chi connectivity index (χ0v) is 33.0. The summed E-state index contributed by atoms with van der Waals surface area (Å²) in [7, 11) is 0. The first-order chi connectivity index (χ1) is 23.7. The number of hydrogen-bond donors (Lipinski definition) is 0. The van der Waals surface area contributed by atoms with E-state index in [1.54, 1.807) is 0 Å². The maximum atomic E-state index is 3.84. The Morgan fingerprint density at radius 3 is 1.20 bits per heavy atom. The van der Waals surface area contributed by atoms with Gasteiger partial charge in [0.05, 0.1) is 0 Å². The van der Waals surface area contributed by atoms with Crippen LogP contribution in [0.4, 0.5) is 0 Å². The Kier molecular flexibility index (Phi) is 7.05. The molecule has 0 heteroatoms. The van der Waals surface area contributed by atoms with Crippen molar-refractivity contribution in [1.82, 2.24) is 0 Å². The molecule has 0 spiro atoms.